The van der Waals surface area contributed by atoms with E-state index in [1.54, 1.807) is 13.8 Å². The maximum atomic E-state index is 13.2. The topological polar surface area (TPSA) is 17.1 Å². The highest BCUT2D eigenvalue weighted by atomic mass is 32.2. The first-order chi connectivity index (χ1) is 7.04. The Balaban J connectivity index is 2.76. The smallest absolute Gasteiger partial charge is 0.145 e. The molecule has 1 rings (SSSR count). The number of hydrogen-bond donors (Lipinski definition) is 0. The van der Waals surface area contributed by atoms with Gasteiger partial charge in [-0.1, -0.05) is 6.92 Å². The van der Waals surface area contributed by atoms with Crippen molar-refractivity contribution in [2.45, 2.75) is 30.4 Å². The number of ketones is 1. The molecule has 15 heavy (non-hydrogen) atoms. The highest BCUT2D eigenvalue weighted by Crippen LogP contribution is 2.27. The molecule has 4 heteroatoms. The van der Waals surface area contributed by atoms with Gasteiger partial charge in [-0.05, 0) is 19.1 Å². The van der Waals surface area contributed by atoms with Crippen molar-refractivity contribution in [3.8, 4) is 0 Å². The summed E-state index contributed by atoms with van der Waals surface area (Å²) in [5, 5.41) is -0.296. The molecule has 0 heterocycles. The molecule has 1 aromatic carbocycles. The Morgan fingerprint density at radius 3 is 2.67 bits per heavy atom. The maximum Gasteiger partial charge on any atom is 0.145 e. The lowest BCUT2D eigenvalue weighted by molar-refractivity contribution is -0.117. The first kappa shape index (κ1) is 12.2. The van der Waals surface area contributed by atoms with Crippen molar-refractivity contribution in [1.82, 2.24) is 0 Å². The van der Waals surface area contributed by atoms with Crippen LogP contribution in [-0.2, 0) is 4.79 Å². The van der Waals surface area contributed by atoms with Gasteiger partial charge in [0.1, 0.15) is 17.4 Å². The van der Waals surface area contributed by atoms with Gasteiger partial charge in [0.2, 0.25) is 0 Å². The van der Waals surface area contributed by atoms with Gasteiger partial charge in [-0.2, -0.15) is 0 Å². The second-order valence-electron chi connectivity index (χ2n) is 3.15. The lowest BCUT2D eigenvalue weighted by Gasteiger charge is -2.09. The first-order valence-electron chi connectivity index (χ1n) is 4.69. The van der Waals surface area contributed by atoms with Crippen molar-refractivity contribution in [2.24, 2.45) is 0 Å². The van der Waals surface area contributed by atoms with Crippen LogP contribution in [0.4, 0.5) is 8.78 Å². The van der Waals surface area contributed by atoms with Crippen LogP contribution in [0.3, 0.4) is 0 Å². The molecular formula is C11H12F2OS. The van der Waals surface area contributed by atoms with Crippen LogP contribution in [0.15, 0.2) is 23.1 Å². The third-order valence-corrected chi connectivity index (χ3v) is 3.20. The normalized spacial score (nSPS) is 12.5. The fraction of sp³-hybridized carbons (Fsp3) is 0.364. The molecule has 82 valence electrons. The minimum Gasteiger partial charge on any atom is -0.298 e. The van der Waals surface area contributed by atoms with Gasteiger partial charge in [0.05, 0.1) is 5.25 Å². The summed E-state index contributed by atoms with van der Waals surface area (Å²) in [6.07, 6.45) is 0.428. The summed E-state index contributed by atoms with van der Waals surface area (Å²) in [4.78, 5) is 11.6. The van der Waals surface area contributed by atoms with E-state index in [2.05, 4.69) is 0 Å². The summed E-state index contributed by atoms with van der Waals surface area (Å²) in [6.45, 7) is 3.49. The van der Waals surface area contributed by atoms with Gasteiger partial charge >= 0.3 is 0 Å². The van der Waals surface area contributed by atoms with E-state index in [1.165, 1.54) is 12.1 Å². The lowest BCUT2D eigenvalue weighted by atomic mass is 10.2. The van der Waals surface area contributed by atoms with Gasteiger partial charge in [0, 0.05) is 17.4 Å². The minimum atomic E-state index is -0.615. The molecule has 0 saturated carbocycles. The molecule has 0 aliphatic carbocycles. The van der Waals surface area contributed by atoms with Crippen molar-refractivity contribution in [3.63, 3.8) is 0 Å². The van der Waals surface area contributed by atoms with E-state index in [9.17, 15) is 13.6 Å². The predicted octanol–water partition coefficient (Wildman–Crippen LogP) is 3.42. The van der Waals surface area contributed by atoms with E-state index in [0.29, 0.717) is 11.3 Å². The van der Waals surface area contributed by atoms with Crippen LogP contribution in [0.2, 0.25) is 0 Å². The number of carbonyl (C=O) groups is 1. The largest absolute Gasteiger partial charge is 0.298 e. The van der Waals surface area contributed by atoms with Gasteiger partial charge in [-0.25, -0.2) is 8.78 Å². The third-order valence-electron chi connectivity index (χ3n) is 2.00. The van der Waals surface area contributed by atoms with E-state index >= 15 is 0 Å². The Kier molecular flexibility index (Phi) is 4.27. The Morgan fingerprint density at radius 2 is 2.13 bits per heavy atom. The van der Waals surface area contributed by atoms with Gasteiger partial charge in [0.25, 0.3) is 0 Å². The van der Waals surface area contributed by atoms with E-state index in [4.69, 9.17) is 0 Å². The monoisotopic (exact) mass is 230 g/mol. The minimum absolute atomic E-state index is 0.0590. The molecule has 0 aliphatic rings. The molecule has 0 fully saturated rings. The lowest BCUT2D eigenvalue weighted by Crippen LogP contribution is -2.11. The number of rotatable bonds is 4. The number of hydrogen-bond acceptors (Lipinski definition) is 2. The zero-order chi connectivity index (χ0) is 11.4. The predicted molar refractivity (Wildman–Crippen MR) is 57.0 cm³/mol. The van der Waals surface area contributed by atoms with E-state index < -0.39 is 11.6 Å². The Morgan fingerprint density at radius 1 is 1.47 bits per heavy atom. The summed E-state index contributed by atoms with van der Waals surface area (Å²) in [5.41, 5.74) is 0. The van der Waals surface area contributed by atoms with Crippen LogP contribution < -0.4 is 0 Å². The molecule has 0 radical (unpaired) electrons. The summed E-state index contributed by atoms with van der Waals surface area (Å²) in [7, 11) is 0. The standard InChI is InChI=1S/C11H12F2OS/c1-3-10(14)7(2)15-11-5-4-8(12)6-9(11)13/h4-7H,3H2,1-2H3. The van der Waals surface area contributed by atoms with Crippen molar-refractivity contribution < 1.29 is 13.6 Å². The molecule has 0 aromatic heterocycles. The molecule has 0 amide bonds. The number of thioether (sulfide) groups is 1. The van der Waals surface area contributed by atoms with Crippen LogP contribution in [-0.4, -0.2) is 11.0 Å². The fourth-order valence-corrected chi connectivity index (χ4v) is 2.11. The molecule has 0 N–H and O–H groups in total. The number of benzene rings is 1. The molecule has 1 nitrogen and oxygen atoms in total. The van der Waals surface area contributed by atoms with Gasteiger partial charge in [-0.15, -0.1) is 11.8 Å². The van der Waals surface area contributed by atoms with Crippen LogP contribution in [0, 0.1) is 11.6 Å². The molecule has 1 aromatic rings. The molecule has 1 unspecified atom stereocenters. The molecule has 0 aliphatic heterocycles. The van der Waals surface area contributed by atoms with Crippen LogP contribution in [0.1, 0.15) is 20.3 Å². The summed E-state index contributed by atoms with van der Waals surface area (Å²) < 4.78 is 25.8. The highest BCUT2D eigenvalue weighted by molar-refractivity contribution is 8.00. The molecule has 0 bridgehead atoms. The van der Waals surface area contributed by atoms with Gasteiger partial charge < -0.3 is 0 Å². The molecule has 1 atom stereocenters. The Bertz CT molecular complexity index is 366. The second-order valence-corrected chi connectivity index (χ2v) is 4.54. The van der Waals surface area contributed by atoms with Crippen molar-refractivity contribution >= 4 is 17.5 Å². The number of Topliss-reactive ketones (excluding diaryl/α,β-unsaturated/α-hetero) is 1. The second kappa shape index (κ2) is 5.26. The van der Waals surface area contributed by atoms with E-state index in [-0.39, 0.29) is 11.0 Å². The molecular weight excluding hydrogens is 218 g/mol. The molecule has 0 spiro atoms. The average molecular weight is 230 g/mol. The van der Waals surface area contributed by atoms with Crippen LogP contribution >= 0.6 is 11.8 Å². The number of carbonyl (C=O) groups excluding carboxylic acids is 1. The Hall–Kier alpha value is -0.900. The van der Waals surface area contributed by atoms with Crippen molar-refractivity contribution in [2.75, 3.05) is 0 Å². The molecule has 0 saturated heterocycles. The Labute approximate surface area is 91.9 Å². The SMILES string of the molecule is CCC(=O)C(C)Sc1ccc(F)cc1F. The van der Waals surface area contributed by atoms with Crippen LogP contribution in [0.5, 0.6) is 0 Å². The van der Waals surface area contributed by atoms with Crippen molar-refractivity contribution in [3.05, 3.63) is 29.8 Å². The zero-order valence-corrected chi connectivity index (χ0v) is 9.41. The average Bonchev–Trinajstić information content (AvgIpc) is 2.20. The van der Waals surface area contributed by atoms with E-state index in [0.717, 1.165) is 17.8 Å². The first-order valence-corrected chi connectivity index (χ1v) is 5.57. The summed E-state index contributed by atoms with van der Waals surface area (Å²) >= 11 is 1.12. The highest BCUT2D eigenvalue weighted by Gasteiger charge is 2.14. The van der Waals surface area contributed by atoms with Crippen molar-refractivity contribution in [1.29, 1.82) is 0 Å². The van der Waals surface area contributed by atoms with Crippen LogP contribution in [0.25, 0.3) is 0 Å². The quantitative estimate of drug-likeness (QED) is 0.737. The zero-order valence-electron chi connectivity index (χ0n) is 8.59. The van der Waals surface area contributed by atoms with Gasteiger partial charge in [-0.3, -0.25) is 4.79 Å². The van der Waals surface area contributed by atoms with E-state index in [1.807, 2.05) is 0 Å². The number of halogens is 2. The third kappa shape index (κ3) is 3.30. The maximum absolute atomic E-state index is 13.2. The summed E-state index contributed by atoms with van der Waals surface area (Å²) in [5.74, 6) is -1.16. The van der Waals surface area contributed by atoms with Gasteiger partial charge in [0.15, 0.2) is 0 Å². The fourth-order valence-electron chi connectivity index (χ4n) is 1.11. The summed E-state index contributed by atoms with van der Waals surface area (Å²) in [6, 6.07) is 3.37.